The van der Waals surface area contributed by atoms with E-state index in [1.165, 1.54) is 26.2 Å². The van der Waals surface area contributed by atoms with Gasteiger partial charge in [-0.2, -0.15) is 0 Å². The third-order valence-electron chi connectivity index (χ3n) is 5.94. The van der Waals surface area contributed by atoms with Crippen LogP contribution < -0.4 is 0 Å². The summed E-state index contributed by atoms with van der Waals surface area (Å²) < 4.78 is 10.5. The first-order chi connectivity index (χ1) is 11.3. The molecule has 1 saturated heterocycles. The SMILES string of the molecule is C=C1C[C@@H]2C[C@H](C(C)C)CC[C@H]2C=C1[C@H]1C[C@@H](OC(C)=O)C(=O)O1. The number of hydrogen-bond donors (Lipinski definition) is 0. The van der Waals surface area contributed by atoms with Gasteiger partial charge in [-0.15, -0.1) is 0 Å². The van der Waals surface area contributed by atoms with Gasteiger partial charge in [0, 0.05) is 13.3 Å². The van der Waals surface area contributed by atoms with Crippen molar-refractivity contribution in [2.24, 2.45) is 23.7 Å². The van der Waals surface area contributed by atoms with Crippen molar-refractivity contribution in [1.29, 1.82) is 0 Å². The van der Waals surface area contributed by atoms with Crippen LogP contribution >= 0.6 is 0 Å². The van der Waals surface area contributed by atoms with Crippen molar-refractivity contribution >= 4 is 11.9 Å². The summed E-state index contributed by atoms with van der Waals surface area (Å²) in [6, 6.07) is 0. The summed E-state index contributed by atoms with van der Waals surface area (Å²) in [5.41, 5.74) is 2.14. The molecule has 4 nitrogen and oxygen atoms in total. The molecule has 1 heterocycles. The molecular formula is C20H28O4. The Morgan fingerprint density at radius 2 is 2.08 bits per heavy atom. The molecule has 0 amide bonds. The van der Waals surface area contributed by atoms with Gasteiger partial charge in [0.05, 0.1) is 0 Å². The van der Waals surface area contributed by atoms with Crippen molar-refractivity contribution < 1.29 is 19.1 Å². The maximum atomic E-state index is 11.9. The van der Waals surface area contributed by atoms with Gasteiger partial charge in [0.25, 0.3) is 0 Å². The highest BCUT2D eigenvalue weighted by atomic mass is 16.6. The summed E-state index contributed by atoms with van der Waals surface area (Å²) in [4.78, 5) is 23.0. The normalized spacial score (nSPS) is 36.2. The fourth-order valence-corrected chi connectivity index (χ4v) is 4.54. The molecule has 1 saturated carbocycles. The van der Waals surface area contributed by atoms with Crippen molar-refractivity contribution in [2.45, 2.75) is 65.1 Å². The quantitative estimate of drug-likeness (QED) is 0.738. The Kier molecular flexibility index (Phi) is 4.84. The Balaban J connectivity index is 1.70. The molecule has 132 valence electrons. The maximum Gasteiger partial charge on any atom is 0.348 e. The molecule has 0 aromatic rings. The van der Waals surface area contributed by atoms with E-state index < -0.39 is 18.0 Å². The molecule has 0 aromatic heterocycles. The molecule has 3 rings (SSSR count). The molecule has 0 aromatic carbocycles. The minimum atomic E-state index is -0.768. The monoisotopic (exact) mass is 332 g/mol. The van der Waals surface area contributed by atoms with Crippen LogP contribution in [0, 0.1) is 23.7 Å². The topological polar surface area (TPSA) is 52.6 Å². The zero-order valence-corrected chi connectivity index (χ0v) is 14.9. The minimum Gasteiger partial charge on any atom is -0.455 e. The van der Waals surface area contributed by atoms with Gasteiger partial charge in [0.1, 0.15) is 6.10 Å². The fourth-order valence-electron chi connectivity index (χ4n) is 4.54. The summed E-state index contributed by atoms with van der Waals surface area (Å²) in [5.74, 6) is 1.91. The molecule has 4 heteroatoms. The number of hydrogen-bond acceptors (Lipinski definition) is 4. The van der Waals surface area contributed by atoms with Gasteiger partial charge in [0.15, 0.2) is 0 Å². The Labute approximate surface area is 144 Å². The van der Waals surface area contributed by atoms with Crippen LogP contribution in [-0.4, -0.2) is 24.1 Å². The Hall–Kier alpha value is -1.58. The number of allylic oxidation sites excluding steroid dienone is 1. The number of fused-ring (bicyclic) bond motifs is 1. The molecule has 0 bridgehead atoms. The van der Waals surface area contributed by atoms with Gasteiger partial charge in [-0.3, -0.25) is 4.79 Å². The van der Waals surface area contributed by atoms with Crippen molar-refractivity contribution in [1.82, 2.24) is 0 Å². The van der Waals surface area contributed by atoms with Gasteiger partial charge < -0.3 is 9.47 Å². The molecule has 0 radical (unpaired) electrons. The average Bonchev–Trinajstić information content (AvgIpc) is 2.86. The third-order valence-corrected chi connectivity index (χ3v) is 5.94. The first-order valence-corrected chi connectivity index (χ1v) is 9.12. The van der Waals surface area contributed by atoms with Gasteiger partial charge in [0.2, 0.25) is 6.10 Å². The summed E-state index contributed by atoms with van der Waals surface area (Å²) in [7, 11) is 0. The van der Waals surface area contributed by atoms with Crippen LogP contribution in [0.4, 0.5) is 0 Å². The van der Waals surface area contributed by atoms with Gasteiger partial charge >= 0.3 is 11.9 Å². The molecule has 24 heavy (non-hydrogen) atoms. The molecular weight excluding hydrogens is 304 g/mol. The van der Waals surface area contributed by atoms with Crippen LogP contribution in [0.15, 0.2) is 23.8 Å². The van der Waals surface area contributed by atoms with Crippen LogP contribution in [0.25, 0.3) is 0 Å². The lowest BCUT2D eigenvalue weighted by atomic mass is 9.65. The molecule has 0 unspecified atom stereocenters. The molecule has 1 aliphatic heterocycles. The lowest BCUT2D eigenvalue weighted by Gasteiger charge is -2.41. The van der Waals surface area contributed by atoms with E-state index in [1.54, 1.807) is 0 Å². The second-order valence-electron chi connectivity index (χ2n) is 7.93. The number of rotatable bonds is 3. The lowest BCUT2D eigenvalue weighted by Crippen LogP contribution is -2.31. The smallest absolute Gasteiger partial charge is 0.348 e. The number of carbonyl (C=O) groups is 2. The molecule has 2 aliphatic carbocycles. The van der Waals surface area contributed by atoms with Crippen molar-refractivity contribution in [3.8, 4) is 0 Å². The van der Waals surface area contributed by atoms with Gasteiger partial charge in [-0.25, -0.2) is 4.79 Å². The van der Waals surface area contributed by atoms with E-state index in [0.29, 0.717) is 18.3 Å². The summed E-state index contributed by atoms with van der Waals surface area (Å²) in [5, 5.41) is 0. The van der Waals surface area contributed by atoms with Crippen molar-refractivity contribution in [2.75, 3.05) is 0 Å². The number of cyclic esters (lactones) is 1. The van der Waals surface area contributed by atoms with E-state index >= 15 is 0 Å². The summed E-state index contributed by atoms with van der Waals surface area (Å²) in [6.45, 7) is 10.2. The first-order valence-electron chi connectivity index (χ1n) is 9.12. The highest BCUT2D eigenvalue weighted by Gasteiger charge is 2.42. The van der Waals surface area contributed by atoms with Crippen LogP contribution in [-0.2, 0) is 19.1 Å². The van der Waals surface area contributed by atoms with E-state index in [9.17, 15) is 9.59 Å². The molecule has 0 N–H and O–H groups in total. The Morgan fingerprint density at radius 3 is 2.75 bits per heavy atom. The van der Waals surface area contributed by atoms with Crippen molar-refractivity contribution in [3.05, 3.63) is 23.8 Å². The fraction of sp³-hybridized carbons (Fsp3) is 0.700. The number of ether oxygens (including phenoxy) is 2. The highest BCUT2D eigenvalue weighted by Crippen LogP contribution is 2.46. The predicted molar refractivity (Wildman–Crippen MR) is 91.1 cm³/mol. The standard InChI is InChI=1S/C20H28O4/c1-11(2)14-5-6-15-9-17(12(3)7-16(15)8-14)18-10-19(20(22)24-18)23-13(4)21/h9,11,14-16,18-19H,3,5-8,10H2,1-2,4H3/t14-,15+,16-,18-,19-/m1/s1. The highest BCUT2D eigenvalue weighted by molar-refractivity contribution is 5.81. The molecule has 5 atom stereocenters. The Bertz CT molecular complexity index is 574. The average molecular weight is 332 g/mol. The summed E-state index contributed by atoms with van der Waals surface area (Å²) in [6.07, 6.45) is 6.37. The maximum absolute atomic E-state index is 11.9. The van der Waals surface area contributed by atoms with Crippen molar-refractivity contribution in [3.63, 3.8) is 0 Å². The number of carbonyl (C=O) groups excluding carboxylic acids is 2. The van der Waals surface area contributed by atoms with Crippen LogP contribution in [0.2, 0.25) is 0 Å². The number of esters is 2. The lowest BCUT2D eigenvalue weighted by molar-refractivity contribution is -0.159. The van der Waals surface area contributed by atoms with Crippen LogP contribution in [0.3, 0.4) is 0 Å². The second-order valence-corrected chi connectivity index (χ2v) is 7.93. The van der Waals surface area contributed by atoms with E-state index in [4.69, 9.17) is 9.47 Å². The zero-order valence-electron chi connectivity index (χ0n) is 14.9. The molecule has 0 spiro atoms. The van der Waals surface area contributed by atoms with E-state index in [2.05, 4.69) is 26.5 Å². The van der Waals surface area contributed by atoms with Crippen LogP contribution in [0.1, 0.15) is 52.9 Å². The van der Waals surface area contributed by atoms with E-state index in [0.717, 1.165) is 29.4 Å². The second kappa shape index (κ2) is 6.73. The zero-order chi connectivity index (χ0) is 17.4. The van der Waals surface area contributed by atoms with E-state index in [-0.39, 0.29) is 6.10 Å². The first kappa shape index (κ1) is 17.2. The minimum absolute atomic E-state index is 0.307. The van der Waals surface area contributed by atoms with Gasteiger partial charge in [-0.1, -0.05) is 26.5 Å². The third kappa shape index (κ3) is 3.42. The van der Waals surface area contributed by atoms with Gasteiger partial charge in [-0.05, 0) is 60.5 Å². The largest absolute Gasteiger partial charge is 0.455 e. The Morgan fingerprint density at radius 1 is 1.33 bits per heavy atom. The molecule has 2 fully saturated rings. The van der Waals surface area contributed by atoms with E-state index in [1.807, 2.05) is 0 Å². The predicted octanol–water partition coefficient (Wildman–Crippen LogP) is 3.81. The van der Waals surface area contributed by atoms with Crippen LogP contribution in [0.5, 0.6) is 0 Å². The summed E-state index contributed by atoms with van der Waals surface area (Å²) >= 11 is 0. The molecule has 3 aliphatic rings.